The van der Waals surface area contributed by atoms with E-state index in [1.807, 2.05) is 6.07 Å². The predicted octanol–water partition coefficient (Wildman–Crippen LogP) is 3.48. The lowest BCUT2D eigenvalue weighted by molar-refractivity contribution is -0.00478. The van der Waals surface area contributed by atoms with Gasteiger partial charge in [-0.2, -0.15) is 4.68 Å². The number of nitrogens with zero attached hydrogens (tertiary/aromatic N) is 5. The first kappa shape index (κ1) is 27.7. The average Bonchev–Trinajstić information content (AvgIpc) is 3.28. The van der Waals surface area contributed by atoms with Gasteiger partial charge in [-0.05, 0) is 51.3 Å². The van der Waals surface area contributed by atoms with Crippen LogP contribution in [0.1, 0.15) is 39.2 Å². The highest BCUT2D eigenvalue weighted by molar-refractivity contribution is 7.92. The van der Waals surface area contributed by atoms with Crippen molar-refractivity contribution in [1.82, 2.24) is 19.6 Å². The number of hydrogen-bond donors (Lipinski definition) is 1. The maximum atomic E-state index is 12.9. The molecule has 0 radical (unpaired) electrons. The van der Waals surface area contributed by atoms with Crippen molar-refractivity contribution in [2.75, 3.05) is 48.6 Å². The molecule has 2 fully saturated rings. The fourth-order valence-corrected chi connectivity index (χ4v) is 5.70. The van der Waals surface area contributed by atoms with E-state index < -0.39 is 10.0 Å². The Labute approximate surface area is 224 Å². The SMILES string of the molecule is CC(C)OC1CCN(c2cc(CN3CCN(C(=O)n4ccc(NS(C)(=O)=O)n4)C[C@@H]3C)ccc2Cl)CC1. The van der Waals surface area contributed by atoms with E-state index in [9.17, 15) is 13.2 Å². The molecule has 1 amide bonds. The lowest BCUT2D eigenvalue weighted by atomic mass is 10.1. The third kappa shape index (κ3) is 7.37. The third-order valence-electron chi connectivity index (χ3n) is 6.75. The minimum atomic E-state index is -3.45. The van der Waals surface area contributed by atoms with Gasteiger partial charge in [-0.25, -0.2) is 13.2 Å². The number of carbonyl (C=O) groups excluding carboxylic acids is 1. The zero-order chi connectivity index (χ0) is 26.7. The lowest BCUT2D eigenvalue weighted by Crippen LogP contribution is -2.54. The normalized spacial score (nSPS) is 20.0. The Morgan fingerprint density at radius 2 is 1.92 bits per heavy atom. The van der Waals surface area contributed by atoms with Gasteiger partial charge in [0.15, 0.2) is 5.82 Å². The van der Waals surface area contributed by atoms with Gasteiger partial charge in [0, 0.05) is 57.6 Å². The summed E-state index contributed by atoms with van der Waals surface area (Å²) in [6, 6.07) is 7.58. The number of halogens is 1. The second kappa shape index (κ2) is 11.6. The molecular weight excluding hydrogens is 516 g/mol. The zero-order valence-electron chi connectivity index (χ0n) is 21.9. The van der Waals surface area contributed by atoms with Crippen LogP contribution in [0.2, 0.25) is 5.02 Å². The van der Waals surface area contributed by atoms with E-state index in [4.69, 9.17) is 16.3 Å². The van der Waals surface area contributed by atoms with Crippen molar-refractivity contribution in [3.63, 3.8) is 0 Å². The van der Waals surface area contributed by atoms with E-state index in [0.29, 0.717) is 19.2 Å². The molecule has 0 spiro atoms. The molecule has 4 rings (SSSR count). The summed E-state index contributed by atoms with van der Waals surface area (Å²) in [6.07, 6.45) is 5.06. The second-order valence-corrected chi connectivity index (χ2v) is 12.4. The second-order valence-electron chi connectivity index (χ2n) is 10.2. The monoisotopic (exact) mass is 552 g/mol. The summed E-state index contributed by atoms with van der Waals surface area (Å²) in [5, 5.41) is 4.82. The molecule has 12 heteroatoms. The fourth-order valence-electron chi connectivity index (χ4n) is 4.97. The highest BCUT2D eigenvalue weighted by atomic mass is 35.5. The summed E-state index contributed by atoms with van der Waals surface area (Å²) in [4.78, 5) is 19.4. The molecule has 3 heterocycles. The van der Waals surface area contributed by atoms with E-state index >= 15 is 0 Å². The number of amides is 1. The predicted molar refractivity (Wildman–Crippen MR) is 146 cm³/mol. The Balaban J connectivity index is 1.34. The van der Waals surface area contributed by atoms with Gasteiger partial charge in [0.05, 0.1) is 29.2 Å². The first-order valence-corrected chi connectivity index (χ1v) is 15.0. The molecule has 2 aliphatic rings. The molecule has 1 aromatic heterocycles. The van der Waals surface area contributed by atoms with Gasteiger partial charge in [-0.15, -0.1) is 5.10 Å². The molecule has 0 bridgehead atoms. The molecule has 1 atom stereocenters. The molecule has 1 N–H and O–H groups in total. The van der Waals surface area contributed by atoms with Gasteiger partial charge < -0.3 is 14.5 Å². The van der Waals surface area contributed by atoms with Crippen LogP contribution < -0.4 is 9.62 Å². The van der Waals surface area contributed by atoms with Crippen LogP contribution in [0.25, 0.3) is 0 Å². The van der Waals surface area contributed by atoms with Crippen molar-refractivity contribution < 1.29 is 17.9 Å². The third-order valence-corrected chi connectivity index (χ3v) is 7.65. The number of carbonyl (C=O) groups is 1. The van der Waals surface area contributed by atoms with Gasteiger partial charge in [-0.1, -0.05) is 17.7 Å². The lowest BCUT2D eigenvalue weighted by Gasteiger charge is -2.40. The summed E-state index contributed by atoms with van der Waals surface area (Å²) < 4.78 is 32.3. The van der Waals surface area contributed by atoms with Crippen LogP contribution in [0.4, 0.5) is 16.3 Å². The van der Waals surface area contributed by atoms with Crippen LogP contribution >= 0.6 is 11.6 Å². The largest absolute Gasteiger partial charge is 0.375 e. The summed E-state index contributed by atoms with van der Waals surface area (Å²) in [5.74, 6) is 0.123. The standard InChI is InChI=1S/C25H37ClN6O4S/c1-18(2)36-21-7-10-29(11-8-21)23-15-20(5-6-22(23)26)17-30-13-14-31(16-19(30)3)25(33)32-12-9-24(27-32)28-37(4,34)35/h5-6,9,12,15,18-19,21H,7-8,10-11,13-14,16-17H2,1-4H3,(H,27,28)/t19-/m0/s1. The van der Waals surface area contributed by atoms with Gasteiger partial charge in [0.25, 0.3) is 0 Å². The molecule has 1 aromatic carbocycles. The number of hydrogen-bond acceptors (Lipinski definition) is 7. The van der Waals surface area contributed by atoms with Crippen molar-refractivity contribution in [1.29, 1.82) is 0 Å². The topological polar surface area (TPSA) is 100 Å². The molecule has 2 saturated heterocycles. The minimum absolute atomic E-state index is 0.123. The number of nitrogens with one attached hydrogen (secondary N) is 1. The summed E-state index contributed by atoms with van der Waals surface area (Å²) in [5.41, 5.74) is 2.26. The Morgan fingerprint density at radius 1 is 1.19 bits per heavy atom. The average molecular weight is 553 g/mol. The number of sulfonamides is 1. The molecule has 37 heavy (non-hydrogen) atoms. The van der Waals surface area contributed by atoms with E-state index in [-0.39, 0.29) is 24.0 Å². The maximum absolute atomic E-state index is 12.9. The molecule has 0 saturated carbocycles. The molecule has 10 nitrogen and oxygen atoms in total. The Kier molecular flexibility index (Phi) is 8.67. The Hall–Kier alpha value is -2.34. The van der Waals surface area contributed by atoms with E-state index in [1.165, 1.54) is 22.5 Å². The van der Waals surface area contributed by atoms with E-state index in [2.05, 4.69) is 52.5 Å². The molecule has 0 unspecified atom stereocenters. The van der Waals surface area contributed by atoms with Gasteiger partial charge in [0.2, 0.25) is 10.0 Å². The van der Waals surface area contributed by atoms with Crippen LogP contribution in [0, 0.1) is 0 Å². The number of ether oxygens (including phenoxy) is 1. The number of anilines is 2. The molecule has 204 valence electrons. The Morgan fingerprint density at radius 3 is 2.57 bits per heavy atom. The minimum Gasteiger partial charge on any atom is -0.375 e. The molecule has 2 aliphatic heterocycles. The fraction of sp³-hybridized carbons (Fsp3) is 0.600. The maximum Gasteiger partial charge on any atom is 0.344 e. The number of aromatic nitrogens is 2. The van der Waals surface area contributed by atoms with Crippen LogP contribution in [0.5, 0.6) is 0 Å². The van der Waals surface area contributed by atoms with Crippen molar-refractivity contribution in [2.45, 2.75) is 58.4 Å². The first-order valence-electron chi connectivity index (χ1n) is 12.7. The smallest absolute Gasteiger partial charge is 0.344 e. The molecule has 0 aliphatic carbocycles. The molecular formula is C25H37ClN6O4S. The van der Waals surface area contributed by atoms with Crippen molar-refractivity contribution in [3.05, 3.63) is 41.0 Å². The summed E-state index contributed by atoms with van der Waals surface area (Å²) in [7, 11) is -3.45. The van der Waals surface area contributed by atoms with Crippen molar-refractivity contribution in [2.24, 2.45) is 0 Å². The summed E-state index contributed by atoms with van der Waals surface area (Å²) >= 11 is 6.59. The van der Waals surface area contributed by atoms with Gasteiger partial charge >= 0.3 is 6.03 Å². The highest BCUT2D eigenvalue weighted by Crippen LogP contribution is 2.31. The highest BCUT2D eigenvalue weighted by Gasteiger charge is 2.29. The van der Waals surface area contributed by atoms with E-state index in [0.717, 1.165) is 56.0 Å². The van der Waals surface area contributed by atoms with Crippen LogP contribution in [0.3, 0.4) is 0 Å². The number of piperazine rings is 1. The van der Waals surface area contributed by atoms with Crippen LogP contribution in [-0.2, 0) is 21.3 Å². The van der Waals surface area contributed by atoms with Crippen LogP contribution in [0.15, 0.2) is 30.5 Å². The van der Waals surface area contributed by atoms with E-state index in [1.54, 1.807) is 4.90 Å². The van der Waals surface area contributed by atoms with Gasteiger partial charge in [-0.3, -0.25) is 9.62 Å². The number of rotatable bonds is 7. The van der Waals surface area contributed by atoms with Gasteiger partial charge in [0.1, 0.15) is 0 Å². The van der Waals surface area contributed by atoms with Crippen molar-refractivity contribution in [3.8, 4) is 0 Å². The summed E-state index contributed by atoms with van der Waals surface area (Å²) in [6.45, 7) is 10.7. The number of piperidine rings is 1. The zero-order valence-corrected chi connectivity index (χ0v) is 23.5. The first-order chi connectivity index (χ1) is 17.5. The van der Waals surface area contributed by atoms with Crippen LogP contribution in [-0.4, -0.2) is 91.3 Å². The quantitative estimate of drug-likeness (QED) is 0.561. The van der Waals surface area contributed by atoms with Crippen molar-refractivity contribution >= 4 is 39.2 Å². The Bertz CT molecular complexity index is 1200. The number of benzene rings is 1. The molecule has 2 aromatic rings.